The summed E-state index contributed by atoms with van der Waals surface area (Å²) >= 11 is 1.58. The second kappa shape index (κ2) is 6.37. The largest absolute Gasteiger partial charge is 0.470 e. The Hall–Kier alpha value is -3.18. The summed E-state index contributed by atoms with van der Waals surface area (Å²) in [7, 11) is 0. The molecule has 8 heteroatoms. The number of H-pyrrole nitrogens is 1. The van der Waals surface area contributed by atoms with Crippen LogP contribution in [0.4, 0.5) is 0 Å². The molecule has 4 heterocycles. The van der Waals surface area contributed by atoms with E-state index in [9.17, 15) is 4.79 Å². The van der Waals surface area contributed by atoms with Crippen molar-refractivity contribution in [2.45, 2.75) is 6.10 Å². The third kappa shape index (κ3) is 2.97. The number of amides is 1. The van der Waals surface area contributed by atoms with E-state index in [1.165, 1.54) is 0 Å². The second-order valence-corrected chi connectivity index (χ2v) is 6.51. The van der Waals surface area contributed by atoms with Gasteiger partial charge in [-0.15, -0.1) is 11.3 Å². The Labute approximate surface area is 147 Å². The molecule has 0 spiro atoms. The average molecular weight is 351 g/mol. The van der Waals surface area contributed by atoms with Gasteiger partial charge in [-0.25, -0.2) is 4.98 Å². The Bertz CT molecular complexity index is 938. The normalized spacial score (nSPS) is 14.0. The highest BCUT2D eigenvalue weighted by atomic mass is 32.1. The van der Waals surface area contributed by atoms with E-state index in [4.69, 9.17) is 10.00 Å². The summed E-state index contributed by atoms with van der Waals surface area (Å²) in [4.78, 5) is 19.2. The lowest BCUT2D eigenvalue weighted by Crippen LogP contribution is -2.56. The van der Waals surface area contributed by atoms with E-state index in [2.05, 4.69) is 15.2 Å². The minimum atomic E-state index is -0.165. The standard InChI is InChI=1S/C17H13N5O2S/c18-8-11-3-1-5-19-16(11)24-12-9-22(10-12)17(23)14-7-13(20-21-14)15-4-2-6-25-15/h1-7,12H,9-10H2,(H,20,21). The predicted molar refractivity (Wildman–Crippen MR) is 91.2 cm³/mol. The van der Waals surface area contributed by atoms with E-state index in [1.807, 2.05) is 23.6 Å². The molecule has 1 aliphatic heterocycles. The Morgan fingerprint density at radius 2 is 2.28 bits per heavy atom. The SMILES string of the molecule is N#Cc1cccnc1OC1CN(C(=O)c2cc(-c3cccs3)[nH]n2)C1. The number of carbonyl (C=O) groups is 1. The minimum absolute atomic E-state index is 0.138. The first kappa shape index (κ1) is 15.4. The summed E-state index contributed by atoms with van der Waals surface area (Å²) in [5.74, 6) is 0.169. The second-order valence-electron chi connectivity index (χ2n) is 5.56. The number of nitrogens with one attached hydrogen (secondary N) is 1. The van der Waals surface area contributed by atoms with Gasteiger partial charge in [-0.05, 0) is 29.6 Å². The lowest BCUT2D eigenvalue weighted by molar-refractivity contribution is 0.0154. The maximum absolute atomic E-state index is 12.5. The highest BCUT2D eigenvalue weighted by molar-refractivity contribution is 7.13. The van der Waals surface area contributed by atoms with Gasteiger partial charge in [0.05, 0.1) is 23.7 Å². The molecule has 1 N–H and O–H groups in total. The van der Waals surface area contributed by atoms with Gasteiger partial charge in [0.2, 0.25) is 5.88 Å². The number of aromatic nitrogens is 3. The molecule has 1 saturated heterocycles. The maximum Gasteiger partial charge on any atom is 0.274 e. The lowest BCUT2D eigenvalue weighted by atomic mass is 10.1. The van der Waals surface area contributed by atoms with Crippen molar-refractivity contribution in [2.24, 2.45) is 0 Å². The molecule has 1 fully saturated rings. The number of likely N-dealkylation sites (tertiary alicyclic amines) is 1. The van der Waals surface area contributed by atoms with Crippen LogP contribution in [0.1, 0.15) is 16.1 Å². The minimum Gasteiger partial charge on any atom is -0.470 e. The topological polar surface area (TPSA) is 94.9 Å². The third-order valence-corrected chi connectivity index (χ3v) is 4.79. The van der Waals surface area contributed by atoms with E-state index < -0.39 is 0 Å². The first-order valence-electron chi connectivity index (χ1n) is 7.65. The number of rotatable bonds is 4. The van der Waals surface area contributed by atoms with Crippen LogP contribution in [-0.2, 0) is 0 Å². The molecular weight excluding hydrogens is 338 g/mol. The van der Waals surface area contributed by atoms with Crippen LogP contribution >= 0.6 is 11.3 Å². The van der Waals surface area contributed by atoms with Crippen LogP contribution < -0.4 is 4.74 Å². The van der Waals surface area contributed by atoms with Crippen molar-refractivity contribution in [1.29, 1.82) is 5.26 Å². The molecule has 0 unspecified atom stereocenters. The molecule has 25 heavy (non-hydrogen) atoms. The fourth-order valence-electron chi connectivity index (χ4n) is 2.56. The summed E-state index contributed by atoms with van der Waals surface area (Å²) in [6.07, 6.45) is 1.41. The summed E-state index contributed by atoms with van der Waals surface area (Å²) in [5.41, 5.74) is 1.61. The summed E-state index contributed by atoms with van der Waals surface area (Å²) in [5, 5.41) is 18.0. The van der Waals surface area contributed by atoms with Crippen LogP contribution in [0.2, 0.25) is 0 Å². The van der Waals surface area contributed by atoms with Gasteiger partial charge in [-0.1, -0.05) is 6.07 Å². The highest BCUT2D eigenvalue weighted by Gasteiger charge is 2.34. The van der Waals surface area contributed by atoms with Crippen molar-refractivity contribution in [3.05, 3.63) is 53.2 Å². The van der Waals surface area contributed by atoms with Crippen molar-refractivity contribution in [3.8, 4) is 22.5 Å². The first-order chi connectivity index (χ1) is 12.2. The van der Waals surface area contributed by atoms with E-state index in [0.717, 1.165) is 10.6 Å². The third-order valence-electron chi connectivity index (χ3n) is 3.89. The van der Waals surface area contributed by atoms with Crippen LogP contribution in [-0.4, -0.2) is 45.2 Å². The molecule has 3 aromatic rings. The number of thiophene rings is 1. The van der Waals surface area contributed by atoms with Crippen LogP contribution in [0.25, 0.3) is 10.6 Å². The van der Waals surface area contributed by atoms with Crippen molar-refractivity contribution in [2.75, 3.05) is 13.1 Å². The Morgan fingerprint density at radius 1 is 1.40 bits per heavy atom. The van der Waals surface area contributed by atoms with E-state index in [-0.39, 0.29) is 12.0 Å². The molecular formula is C17H13N5O2S. The van der Waals surface area contributed by atoms with Crippen molar-refractivity contribution < 1.29 is 9.53 Å². The number of hydrogen-bond donors (Lipinski definition) is 1. The molecule has 1 aliphatic rings. The number of hydrogen-bond acceptors (Lipinski definition) is 6. The predicted octanol–water partition coefficient (Wildman–Crippen LogP) is 2.31. The monoisotopic (exact) mass is 351 g/mol. The maximum atomic E-state index is 12.5. The van der Waals surface area contributed by atoms with Gasteiger partial charge < -0.3 is 9.64 Å². The average Bonchev–Trinajstić information content (AvgIpc) is 3.28. The van der Waals surface area contributed by atoms with Crippen LogP contribution in [0.5, 0.6) is 5.88 Å². The first-order valence-corrected chi connectivity index (χ1v) is 8.53. The molecule has 1 amide bonds. The molecule has 3 aromatic heterocycles. The highest BCUT2D eigenvalue weighted by Crippen LogP contribution is 2.25. The smallest absolute Gasteiger partial charge is 0.274 e. The van der Waals surface area contributed by atoms with E-state index >= 15 is 0 Å². The molecule has 0 atom stereocenters. The van der Waals surface area contributed by atoms with Gasteiger partial charge in [0.25, 0.3) is 5.91 Å². The van der Waals surface area contributed by atoms with Gasteiger partial charge in [-0.2, -0.15) is 10.4 Å². The zero-order valence-corrected chi connectivity index (χ0v) is 13.9. The number of pyridine rings is 1. The fraction of sp³-hybridized carbons (Fsp3) is 0.176. The van der Waals surface area contributed by atoms with E-state index in [0.29, 0.717) is 30.2 Å². The summed E-state index contributed by atoms with van der Waals surface area (Å²) < 4.78 is 5.70. The summed E-state index contributed by atoms with van der Waals surface area (Å²) in [6.45, 7) is 0.892. The fourth-order valence-corrected chi connectivity index (χ4v) is 3.25. The lowest BCUT2D eigenvalue weighted by Gasteiger charge is -2.38. The van der Waals surface area contributed by atoms with Crippen molar-refractivity contribution in [3.63, 3.8) is 0 Å². The Balaban J connectivity index is 1.38. The van der Waals surface area contributed by atoms with Gasteiger partial charge >= 0.3 is 0 Å². The Kier molecular flexibility index (Phi) is 3.91. The van der Waals surface area contributed by atoms with Crippen LogP contribution in [0.15, 0.2) is 41.9 Å². The number of aromatic amines is 1. The van der Waals surface area contributed by atoms with Crippen LogP contribution in [0.3, 0.4) is 0 Å². The molecule has 0 aliphatic carbocycles. The molecule has 7 nitrogen and oxygen atoms in total. The number of nitrogens with zero attached hydrogens (tertiary/aromatic N) is 4. The molecule has 0 radical (unpaired) electrons. The molecule has 0 aromatic carbocycles. The van der Waals surface area contributed by atoms with Crippen molar-refractivity contribution >= 4 is 17.2 Å². The quantitative estimate of drug-likeness (QED) is 0.778. The van der Waals surface area contributed by atoms with Gasteiger partial charge in [-0.3, -0.25) is 9.89 Å². The van der Waals surface area contributed by atoms with Gasteiger partial charge in [0.15, 0.2) is 5.69 Å². The molecule has 0 bridgehead atoms. The van der Waals surface area contributed by atoms with Crippen molar-refractivity contribution in [1.82, 2.24) is 20.1 Å². The summed E-state index contributed by atoms with van der Waals surface area (Å²) in [6, 6.07) is 11.1. The van der Waals surface area contributed by atoms with Crippen LogP contribution in [0, 0.1) is 11.3 Å². The number of ether oxygens (including phenoxy) is 1. The zero-order valence-electron chi connectivity index (χ0n) is 13.0. The molecule has 0 saturated carbocycles. The molecule has 4 rings (SSSR count). The Morgan fingerprint density at radius 3 is 3.04 bits per heavy atom. The number of nitriles is 1. The number of carbonyl (C=O) groups excluding carboxylic acids is 1. The zero-order chi connectivity index (χ0) is 17.2. The molecule has 124 valence electrons. The van der Waals surface area contributed by atoms with Gasteiger partial charge in [0, 0.05) is 6.20 Å². The van der Waals surface area contributed by atoms with E-state index in [1.54, 1.807) is 40.6 Å². The van der Waals surface area contributed by atoms with Gasteiger partial charge in [0.1, 0.15) is 17.7 Å².